The van der Waals surface area contributed by atoms with E-state index in [0.29, 0.717) is 5.75 Å². The van der Waals surface area contributed by atoms with E-state index in [1.165, 1.54) is 0 Å². The van der Waals surface area contributed by atoms with Crippen LogP contribution in [0.25, 0.3) is 11.1 Å². The second-order valence-corrected chi connectivity index (χ2v) is 11.8. The first-order chi connectivity index (χ1) is 19.4. The van der Waals surface area contributed by atoms with Crippen LogP contribution >= 0.6 is 0 Å². The van der Waals surface area contributed by atoms with Gasteiger partial charge < -0.3 is 9.84 Å². The number of nitriles is 1. The Labute approximate surface area is 237 Å². The van der Waals surface area contributed by atoms with Crippen molar-refractivity contribution in [2.24, 2.45) is 0 Å². The van der Waals surface area contributed by atoms with Gasteiger partial charge in [-0.05, 0) is 61.4 Å². The Morgan fingerprint density at radius 2 is 1.43 bits per heavy atom. The van der Waals surface area contributed by atoms with Crippen LogP contribution in [0, 0.1) is 11.3 Å². The highest BCUT2D eigenvalue weighted by atomic mass is 16.5. The molecule has 1 aliphatic carbocycles. The molecule has 0 radical (unpaired) electrons. The molecule has 0 bridgehead atoms. The minimum absolute atomic E-state index is 0.0997. The number of ether oxygens (including phenoxy) is 1. The molecule has 0 aromatic heterocycles. The van der Waals surface area contributed by atoms with Gasteiger partial charge >= 0.3 is 0 Å². The maximum atomic E-state index is 10.6. The van der Waals surface area contributed by atoms with E-state index < -0.39 is 5.41 Å². The molecular formula is C36H36N2O2. The largest absolute Gasteiger partial charge is 0.508 e. The van der Waals surface area contributed by atoms with Crippen molar-refractivity contribution in [2.75, 3.05) is 13.1 Å². The molecule has 0 unspecified atom stereocenters. The third kappa shape index (κ3) is 4.81. The molecule has 4 nitrogen and oxygen atoms in total. The lowest BCUT2D eigenvalue weighted by Crippen LogP contribution is -2.44. The summed E-state index contributed by atoms with van der Waals surface area (Å²) in [7, 11) is 0. The van der Waals surface area contributed by atoms with Crippen molar-refractivity contribution in [3.05, 3.63) is 125 Å². The molecule has 1 aliphatic heterocycles. The topological polar surface area (TPSA) is 56.5 Å². The maximum absolute atomic E-state index is 10.6. The van der Waals surface area contributed by atoms with Gasteiger partial charge in [-0.15, -0.1) is 0 Å². The third-order valence-corrected chi connectivity index (χ3v) is 8.96. The zero-order valence-electron chi connectivity index (χ0n) is 23.3. The molecule has 6 rings (SSSR count). The lowest BCUT2D eigenvalue weighted by molar-refractivity contribution is 0.0263. The predicted molar refractivity (Wildman–Crippen MR) is 159 cm³/mol. The van der Waals surface area contributed by atoms with Crippen LogP contribution in [0.4, 0.5) is 0 Å². The summed E-state index contributed by atoms with van der Waals surface area (Å²) in [5.41, 5.74) is 5.64. The van der Waals surface area contributed by atoms with Crippen molar-refractivity contribution in [1.82, 2.24) is 4.90 Å². The van der Waals surface area contributed by atoms with Gasteiger partial charge in [0.15, 0.2) is 0 Å². The summed E-state index contributed by atoms with van der Waals surface area (Å²) in [6, 6.07) is 37.2. The van der Waals surface area contributed by atoms with E-state index in [1.54, 1.807) is 6.07 Å². The summed E-state index contributed by atoms with van der Waals surface area (Å²) in [6.45, 7) is 6.38. The van der Waals surface area contributed by atoms with Crippen LogP contribution < -0.4 is 0 Å². The van der Waals surface area contributed by atoms with Crippen molar-refractivity contribution >= 4 is 0 Å². The molecule has 2 atom stereocenters. The van der Waals surface area contributed by atoms with Gasteiger partial charge in [-0.25, -0.2) is 0 Å². The summed E-state index contributed by atoms with van der Waals surface area (Å²) in [5, 5.41) is 21.1. The first-order valence-corrected chi connectivity index (χ1v) is 14.3. The van der Waals surface area contributed by atoms with Crippen molar-refractivity contribution in [3.8, 4) is 22.9 Å². The van der Waals surface area contributed by atoms with E-state index in [0.717, 1.165) is 65.7 Å². The zero-order valence-corrected chi connectivity index (χ0v) is 23.3. The minimum Gasteiger partial charge on any atom is -0.508 e. The lowest BCUT2D eigenvalue weighted by Gasteiger charge is -2.38. The Bertz CT molecular complexity index is 1470. The van der Waals surface area contributed by atoms with Gasteiger partial charge in [0.05, 0.1) is 12.2 Å². The van der Waals surface area contributed by atoms with Gasteiger partial charge in [-0.3, -0.25) is 4.90 Å². The van der Waals surface area contributed by atoms with E-state index >= 15 is 0 Å². The van der Waals surface area contributed by atoms with Crippen LogP contribution in [0.2, 0.25) is 0 Å². The molecule has 0 saturated carbocycles. The maximum Gasteiger partial charge on any atom is 0.122 e. The van der Waals surface area contributed by atoms with E-state index in [1.807, 2.05) is 60.7 Å². The van der Waals surface area contributed by atoms with Crippen molar-refractivity contribution in [2.45, 2.75) is 56.3 Å². The summed E-state index contributed by atoms with van der Waals surface area (Å²) < 4.78 is 6.61. The standard InChI is InChI=1S/C36H36N2O2/c1-35(2,21-22-36(25-37,27-14-8-4-9-15-27)28-16-10-5-11-17-28)38-23-20-29(24-38)40-34-32-30(18-19-31(39)33(32)34)26-12-6-3-7-13-26/h3-19,29,34,39H,20-24H2,1-2H3/t29-,34-/m0/s1. The van der Waals surface area contributed by atoms with E-state index in [9.17, 15) is 10.4 Å². The van der Waals surface area contributed by atoms with Gasteiger partial charge in [0.25, 0.3) is 0 Å². The number of hydrogen-bond donors (Lipinski definition) is 1. The summed E-state index contributed by atoms with van der Waals surface area (Å²) in [5.74, 6) is 0.324. The van der Waals surface area contributed by atoms with Crippen LogP contribution in [0.3, 0.4) is 0 Å². The average molecular weight is 529 g/mol. The fourth-order valence-corrected chi connectivity index (χ4v) is 6.43. The third-order valence-electron chi connectivity index (χ3n) is 8.96. The van der Waals surface area contributed by atoms with Crippen LogP contribution in [0.5, 0.6) is 5.75 Å². The SMILES string of the molecule is CC(C)(CCC(C#N)(c1ccccc1)c1ccccc1)N1CC[C@H](O[C@@H]2c3c(O)ccc(-c4ccccc4)c32)C1. The number of likely N-dealkylation sites (tertiary alicyclic amines) is 1. The molecule has 4 aromatic rings. The molecule has 4 aromatic carbocycles. The Kier molecular flexibility index (Phi) is 6.96. The van der Waals surface area contributed by atoms with Crippen LogP contribution in [0.15, 0.2) is 103 Å². The fraction of sp³-hybridized carbons (Fsp3) is 0.306. The highest BCUT2D eigenvalue weighted by Gasteiger charge is 2.44. The summed E-state index contributed by atoms with van der Waals surface area (Å²) >= 11 is 0. The number of rotatable bonds is 9. The summed E-state index contributed by atoms with van der Waals surface area (Å²) in [4.78, 5) is 2.51. The van der Waals surface area contributed by atoms with Crippen molar-refractivity contribution < 1.29 is 9.84 Å². The fourth-order valence-electron chi connectivity index (χ4n) is 6.43. The number of fused-ring (bicyclic) bond motifs is 1. The number of nitrogens with zero attached hydrogens (tertiary/aromatic N) is 2. The summed E-state index contributed by atoms with van der Waals surface area (Å²) in [6.07, 6.45) is 2.52. The van der Waals surface area contributed by atoms with Gasteiger partial charge in [0.2, 0.25) is 0 Å². The molecule has 2 aliphatic rings. The average Bonchev–Trinajstić information content (AvgIpc) is 3.49. The van der Waals surface area contributed by atoms with Crippen molar-refractivity contribution in [3.63, 3.8) is 0 Å². The molecule has 0 amide bonds. The quantitative estimate of drug-likeness (QED) is 0.243. The van der Waals surface area contributed by atoms with Gasteiger partial charge in [0, 0.05) is 29.8 Å². The predicted octanol–water partition coefficient (Wildman–Crippen LogP) is 7.62. The molecule has 0 spiro atoms. The van der Waals surface area contributed by atoms with E-state index in [4.69, 9.17) is 4.74 Å². The highest BCUT2D eigenvalue weighted by Crippen LogP contribution is 2.55. The van der Waals surface area contributed by atoms with Crippen LogP contribution in [0.1, 0.15) is 61.5 Å². The normalized spacial score (nSPS) is 18.7. The number of phenols is 1. The number of hydrogen-bond acceptors (Lipinski definition) is 4. The second kappa shape index (κ2) is 10.6. The van der Waals surface area contributed by atoms with Crippen LogP contribution in [-0.4, -0.2) is 34.7 Å². The zero-order chi connectivity index (χ0) is 27.7. The monoisotopic (exact) mass is 528 g/mol. The molecule has 1 N–H and O–H groups in total. The highest BCUT2D eigenvalue weighted by molar-refractivity contribution is 5.78. The van der Waals surface area contributed by atoms with E-state index in [-0.39, 0.29) is 17.7 Å². The molecule has 1 fully saturated rings. The Morgan fingerprint density at radius 1 is 0.825 bits per heavy atom. The Morgan fingerprint density at radius 3 is 2.02 bits per heavy atom. The first-order valence-electron chi connectivity index (χ1n) is 14.3. The van der Waals surface area contributed by atoms with Crippen LogP contribution in [-0.2, 0) is 10.2 Å². The van der Waals surface area contributed by atoms with Gasteiger partial charge in [-0.2, -0.15) is 5.26 Å². The Hall–Kier alpha value is -3.91. The molecule has 1 saturated heterocycles. The Balaban J connectivity index is 1.15. The lowest BCUT2D eigenvalue weighted by atomic mass is 9.70. The molecule has 40 heavy (non-hydrogen) atoms. The smallest absolute Gasteiger partial charge is 0.122 e. The number of benzene rings is 4. The first kappa shape index (κ1) is 26.3. The number of phenolic OH excluding ortho intramolecular Hbond substituents is 1. The number of aromatic hydroxyl groups is 1. The van der Waals surface area contributed by atoms with Gasteiger partial charge in [-0.1, -0.05) is 97.1 Å². The van der Waals surface area contributed by atoms with E-state index in [2.05, 4.69) is 61.2 Å². The van der Waals surface area contributed by atoms with Gasteiger partial charge in [0.1, 0.15) is 17.3 Å². The van der Waals surface area contributed by atoms with Crippen molar-refractivity contribution in [1.29, 1.82) is 5.26 Å². The molecular weight excluding hydrogens is 492 g/mol. The molecule has 202 valence electrons. The minimum atomic E-state index is -0.698. The molecule has 4 heteroatoms. The molecule has 1 heterocycles. The second-order valence-electron chi connectivity index (χ2n) is 11.8.